The van der Waals surface area contributed by atoms with Gasteiger partial charge in [-0.05, 0) is 44.3 Å². The van der Waals surface area contributed by atoms with E-state index in [1.54, 1.807) is 0 Å². The number of hydrogen-bond donors (Lipinski definition) is 1. The van der Waals surface area contributed by atoms with Crippen molar-refractivity contribution in [3.05, 3.63) is 0 Å². The van der Waals surface area contributed by atoms with Crippen molar-refractivity contribution in [2.45, 2.75) is 117 Å². The van der Waals surface area contributed by atoms with E-state index in [1.165, 1.54) is 38.5 Å². The Hall–Kier alpha value is 0.230. The molecule has 0 N–H and O–H groups in total. The zero-order chi connectivity index (χ0) is 20.2. The molecule has 164 valence electrons. The molecule has 0 aliphatic carbocycles. The lowest BCUT2D eigenvalue weighted by Crippen LogP contribution is -2.47. The predicted octanol–water partition coefficient (Wildman–Crippen LogP) is 7.39. The number of hydrogen-bond acceptors (Lipinski definition) is 4. The number of unbranched alkanes of at least 4 members (excludes halogenated alkanes) is 6. The molecule has 0 rings (SSSR count). The Bertz CT molecular complexity index is 278. The number of rotatable bonds is 21. The van der Waals surface area contributed by atoms with Gasteiger partial charge in [0.25, 0.3) is 5.97 Å². The molecule has 0 spiro atoms. The van der Waals surface area contributed by atoms with E-state index in [0.717, 1.165) is 50.7 Å². The van der Waals surface area contributed by atoms with Crippen LogP contribution in [0, 0.1) is 5.92 Å². The summed E-state index contributed by atoms with van der Waals surface area (Å²) < 4.78 is 18.9. The lowest BCUT2D eigenvalue weighted by atomic mass is 9.92. The fraction of sp³-hybridized carbons (Fsp3) is 1.00. The summed E-state index contributed by atoms with van der Waals surface area (Å²) in [5, 5.41) is 0. The van der Waals surface area contributed by atoms with E-state index in [4.69, 9.17) is 14.2 Å². The second-order valence-electron chi connectivity index (χ2n) is 7.62. The fourth-order valence-electron chi connectivity index (χ4n) is 3.38. The Morgan fingerprint density at radius 1 is 0.593 bits per heavy atom. The van der Waals surface area contributed by atoms with Crippen LogP contribution in [0.15, 0.2) is 0 Å². The molecule has 0 aromatic rings. The molecule has 0 aliphatic heterocycles. The first kappa shape index (κ1) is 27.2. The van der Waals surface area contributed by atoms with Crippen molar-refractivity contribution in [3.8, 4) is 0 Å². The largest absolute Gasteiger partial charge is 0.327 e. The van der Waals surface area contributed by atoms with Gasteiger partial charge in [-0.3, -0.25) is 0 Å². The minimum absolute atomic E-state index is 0.299. The highest BCUT2D eigenvalue weighted by molar-refractivity contribution is 7.80. The van der Waals surface area contributed by atoms with E-state index >= 15 is 0 Å². The van der Waals surface area contributed by atoms with Gasteiger partial charge in [0.15, 0.2) is 0 Å². The van der Waals surface area contributed by atoms with Crippen molar-refractivity contribution >= 4 is 12.6 Å². The van der Waals surface area contributed by atoms with Gasteiger partial charge >= 0.3 is 0 Å². The summed E-state index contributed by atoms with van der Waals surface area (Å²) >= 11 is 4.39. The van der Waals surface area contributed by atoms with E-state index in [9.17, 15) is 0 Å². The average Bonchev–Trinajstić information content (AvgIpc) is 2.69. The summed E-state index contributed by atoms with van der Waals surface area (Å²) in [5.41, 5.74) is 0. The Morgan fingerprint density at radius 3 is 1.48 bits per heavy atom. The Kier molecular flexibility index (Phi) is 19.7. The highest BCUT2D eigenvalue weighted by Crippen LogP contribution is 2.35. The van der Waals surface area contributed by atoms with Crippen molar-refractivity contribution in [2.75, 3.05) is 25.6 Å². The molecule has 0 saturated carbocycles. The molecule has 0 aromatic carbocycles. The Morgan fingerprint density at radius 2 is 1.04 bits per heavy atom. The minimum atomic E-state index is -0.859. The lowest BCUT2D eigenvalue weighted by molar-refractivity contribution is -0.406. The van der Waals surface area contributed by atoms with Crippen molar-refractivity contribution in [1.82, 2.24) is 0 Å². The summed E-state index contributed by atoms with van der Waals surface area (Å²) in [7, 11) is 0. The second kappa shape index (κ2) is 19.5. The zero-order valence-corrected chi connectivity index (χ0v) is 19.7. The van der Waals surface area contributed by atoms with Crippen LogP contribution < -0.4 is 0 Å². The van der Waals surface area contributed by atoms with E-state index in [1.807, 2.05) is 0 Å². The molecule has 4 heteroatoms. The monoisotopic (exact) mass is 404 g/mol. The van der Waals surface area contributed by atoms with Crippen LogP contribution in [0.3, 0.4) is 0 Å². The van der Waals surface area contributed by atoms with Gasteiger partial charge in [0, 0.05) is 5.92 Å². The molecule has 3 nitrogen and oxygen atoms in total. The van der Waals surface area contributed by atoms with E-state index in [-0.39, 0.29) is 0 Å². The third kappa shape index (κ3) is 13.1. The topological polar surface area (TPSA) is 27.7 Å². The lowest BCUT2D eigenvalue weighted by Gasteiger charge is -2.40. The molecule has 0 radical (unpaired) electrons. The van der Waals surface area contributed by atoms with E-state index < -0.39 is 5.97 Å². The van der Waals surface area contributed by atoms with Crippen LogP contribution in [-0.2, 0) is 14.2 Å². The first-order valence-corrected chi connectivity index (χ1v) is 12.4. The van der Waals surface area contributed by atoms with Crippen molar-refractivity contribution in [2.24, 2.45) is 5.92 Å². The SMILES string of the molecule is CCCCCCCCC(CCCCS)C(OCCC)(OCCC)OCCC. The van der Waals surface area contributed by atoms with Gasteiger partial charge in [0.1, 0.15) is 0 Å². The highest BCUT2D eigenvalue weighted by atomic mass is 32.1. The van der Waals surface area contributed by atoms with Gasteiger partial charge < -0.3 is 14.2 Å². The zero-order valence-electron chi connectivity index (χ0n) is 18.8. The molecule has 0 fully saturated rings. The first-order chi connectivity index (χ1) is 13.2. The summed E-state index contributed by atoms with van der Waals surface area (Å²) in [6.45, 7) is 10.8. The maximum absolute atomic E-state index is 6.31. The molecule has 0 saturated heterocycles. The van der Waals surface area contributed by atoms with Gasteiger partial charge in [-0.15, -0.1) is 0 Å². The normalized spacial score (nSPS) is 13.2. The Balaban J connectivity index is 5.04. The van der Waals surface area contributed by atoms with Crippen LogP contribution in [0.4, 0.5) is 0 Å². The first-order valence-electron chi connectivity index (χ1n) is 11.7. The highest BCUT2D eigenvalue weighted by Gasteiger charge is 2.41. The van der Waals surface area contributed by atoms with Gasteiger partial charge in [-0.1, -0.05) is 72.6 Å². The minimum Gasteiger partial charge on any atom is -0.327 e. The van der Waals surface area contributed by atoms with Gasteiger partial charge in [0.05, 0.1) is 19.8 Å². The predicted molar refractivity (Wildman–Crippen MR) is 121 cm³/mol. The standard InChI is InChI=1S/C23H48O3S/c1-5-9-10-11-12-13-16-22(17-14-15-21-27)23(24-18-6-2,25-19-7-3)26-20-8-4/h22,27H,5-21H2,1-4H3. The third-order valence-corrected chi connectivity index (χ3v) is 5.21. The number of thiol groups is 1. The summed E-state index contributed by atoms with van der Waals surface area (Å²) in [5.74, 6) is 0.383. The van der Waals surface area contributed by atoms with Crippen LogP contribution in [0.5, 0.6) is 0 Å². The van der Waals surface area contributed by atoms with Crippen molar-refractivity contribution in [1.29, 1.82) is 0 Å². The molecule has 0 aromatic heterocycles. The van der Waals surface area contributed by atoms with Gasteiger partial charge in [-0.25, -0.2) is 0 Å². The molecule has 0 aliphatic rings. The summed E-state index contributed by atoms with van der Waals surface area (Å²) in [6, 6.07) is 0. The molecular weight excluding hydrogens is 356 g/mol. The van der Waals surface area contributed by atoms with Crippen LogP contribution >= 0.6 is 12.6 Å². The summed E-state index contributed by atoms with van der Waals surface area (Å²) in [6.07, 6.45) is 15.3. The van der Waals surface area contributed by atoms with E-state index in [2.05, 4.69) is 40.3 Å². The van der Waals surface area contributed by atoms with Crippen molar-refractivity contribution < 1.29 is 14.2 Å². The molecule has 0 bridgehead atoms. The quantitative estimate of drug-likeness (QED) is 0.123. The van der Waals surface area contributed by atoms with Gasteiger partial charge in [-0.2, -0.15) is 12.6 Å². The fourth-order valence-corrected chi connectivity index (χ4v) is 3.61. The van der Waals surface area contributed by atoms with E-state index in [0.29, 0.717) is 25.7 Å². The average molecular weight is 405 g/mol. The molecular formula is C23H48O3S. The van der Waals surface area contributed by atoms with Crippen LogP contribution in [0.1, 0.15) is 111 Å². The molecule has 1 atom stereocenters. The maximum Gasteiger partial charge on any atom is 0.285 e. The second-order valence-corrected chi connectivity index (χ2v) is 8.07. The van der Waals surface area contributed by atoms with Crippen molar-refractivity contribution in [3.63, 3.8) is 0 Å². The molecule has 0 amide bonds. The summed E-state index contributed by atoms with van der Waals surface area (Å²) in [4.78, 5) is 0. The smallest absolute Gasteiger partial charge is 0.285 e. The van der Waals surface area contributed by atoms with Crippen LogP contribution in [-0.4, -0.2) is 31.5 Å². The van der Waals surface area contributed by atoms with Gasteiger partial charge in [0.2, 0.25) is 0 Å². The molecule has 1 unspecified atom stereocenters. The van der Waals surface area contributed by atoms with Crippen LogP contribution in [0.25, 0.3) is 0 Å². The molecule has 0 heterocycles. The molecule has 27 heavy (non-hydrogen) atoms. The third-order valence-electron chi connectivity index (χ3n) is 4.89. The number of ether oxygens (including phenoxy) is 3. The van der Waals surface area contributed by atoms with Crippen LogP contribution in [0.2, 0.25) is 0 Å². The Labute approximate surface area is 175 Å². The maximum atomic E-state index is 6.31.